The summed E-state index contributed by atoms with van der Waals surface area (Å²) in [5.74, 6) is 0.156. The Kier molecular flexibility index (Phi) is 6.49. The Morgan fingerprint density at radius 3 is 2.82 bits per heavy atom. The van der Waals surface area contributed by atoms with Crippen LogP contribution in [-0.4, -0.2) is 51.7 Å². The maximum absolute atomic E-state index is 13.3. The number of hydrogen-bond acceptors (Lipinski definition) is 6. The lowest BCUT2D eigenvalue weighted by Crippen LogP contribution is -2.49. The molecule has 150 valence electrons. The van der Waals surface area contributed by atoms with Crippen molar-refractivity contribution in [2.45, 2.75) is 32.4 Å². The van der Waals surface area contributed by atoms with Gasteiger partial charge in [-0.1, -0.05) is 43.6 Å². The van der Waals surface area contributed by atoms with Gasteiger partial charge < -0.3 is 20.5 Å². The number of halogens is 1. The van der Waals surface area contributed by atoms with Crippen LogP contribution in [0.5, 0.6) is 0 Å². The molecule has 0 aliphatic carbocycles. The van der Waals surface area contributed by atoms with Crippen LogP contribution in [0.2, 0.25) is 5.02 Å². The first-order valence-corrected chi connectivity index (χ1v) is 9.69. The van der Waals surface area contributed by atoms with E-state index in [1.54, 1.807) is 17.0 Å². The lowest BCUT2D eigenvalue weighted by atomic mass is 9.97. The Morgan fingerprint density at radius 2 is 2.14 bits per heavy atom. The Bertz CT molecular complexity index is 846. The molecule has 0 spiro atoms. The summed E-state index contributed by atoms with van der Waals surface area (Å²) in [5.41, 5.74) is 7.53. The standard InChI is InChI=1S/C20H25ClN4O3/c1-12(2)9-13-10-16(24-20(22)23-13)19(27)25-7-8-28-17(11-26)18(25)14-5-3-4-6-15(14)21/h3-6,10,12,17-18,26H,7-9,11H2,1-2H3,(H2,22,23,24)/t17-,18-/m0/s1. The topological polar surface area (TPSA) is 102 Å². The number of carbonyl (C=O) groups excluding carboxylic acids is 1. The number of aliphatic hydroxyl groups is 1. The molecule has 2 aromatic rings. The van der Waals surface area contributed by atoms with Gasteiger partial charge in [0.1, 0.15) is 11.8 Å². The average Bonchev–Trinajstić information content (AvgIpc) is 2.66. The first kappa shape index (κ1) is 20.5. The molecule has 0 unspecified atom stereocenters. The van der Waals surface area contributed by atoms with Crippen LogP contribution in [0.4, 0.5) is 5.95 Å². The van der Waals surface area contributed by atoms with Crippen molar-refractivity contribution in [3.63, 3.8) is 0 Å². The van der Waals surface area contributed by atoms with Gasteiger partial charge in [-0.25, -0.2) is 9.97 Å². The fourth-order valence-corrected chi connectivity index (χ4v) is 3.74. The molecule has 2 heterocycles. The van der Waals surface area contributed by atoms with Crippen LogP contribution >= 0.6 is 11.6 Å². The van der Waals surface area contributed by atoms with Gasteiger partial charge in [0, 0.05) is 17.3 Å². The maximum atomic E-state index is 13.3. The number of aromatic nitrogens is 2. The van der Waals surface area contributed by atoms with Crippen molar-refractivity contribution in [3.8, 4) is 0 Å². The molecule has 0 saturated carbocycles. The highest BCUT2D eigenvalue weighted by Gasteiger charge is 2.38. The number of carbonyl (C=O) groups is 1. The van der Waals surface area contributed by atoms with E-state index in [-0.39, 0.29) is 24.2 Å². The number of aliphatic hydroxyl groups excluding tert-OH is 1. The first-order chi connectivity index (χ1) is 13.4. The molecule has 3 N–H and O–H groups in total. The zero-order chi connectivity index (χ0) is 20.3. The minimum atomic E-state index is -0.577. The second kappa shape index (κ2) is 8.86. The summed E-state index contributed by atoms with van der Waals surface area (Å²) in [6.45, 7) is 4.58. The molecule has 2 atom stereocenters. The predicted molar refractivity (Wildman–Crippen MR) is 107 cm³/mol. The fourth-order valence-electron chi connectivity index (χ4n) is 3.49. The second-order valence-electron chi connectivity index (χ2n) is 7.26. The molecular formula is C20H25ClN4O3. The van der Waals surface area contributed by atoms with Crippen LogP contribution in [0.1, 0.15) is 41.6 Å². The van der Waals surface area contributed by atoms with Gasteiger partial charge in [0.05, 0.1) is 19.3 Å². The van der Waals surface area contributed by atoms with Crippen molar-refractivity contribution in [1.29, 1.82) is 0 Å². The Morgan fingerprint density at radius 1 is 1.39 bits per heavy atom. The molecule has 0 radical (unpaired) electrons. The van der Waals surface area contributed by atoms with Crippen LogP contribution in [0, 0.1) is 5.92 Å². The van der Waals surface area contributed by atoms with Gasteiger partial charge in [0.2, 0.25) is 5.95 Å². The van der Waals surface area contributed by atoms with E-state index in [9.17, 15) is 9.90 Å². The van der Waals surface area contributed by atoms with Crippen molar-refractivity contribution >= 4 is 23.5 Å². The number of morpholine rings is 1. The second-order valence-corrected chi connectivity index (χ2v) is 7.66. The first-order valence-electron chi connectivity index (χ1n) is 9.32. The lowest BCUT2D eigenvalue weighted by Gasteiger charge is -2.41. The molecule has 0 bridgehead atoms. The van der Waals surface area contributed by atoms with Crippen LogP contribution in [0.3, 0.4) is 0 Å². The molecule has 8 heteroatoms. The zero-order valence-electron chi connectivity index (χ0n) is 16.0. The van der Waals surface area contributed by atoms with E-state index >= 15 is 0 Å². The number of amides is 1. The predicted octanol–water partition coefficient (Wildman–Crippen LogP) is 2.49. The molecule has 1 saturated heterocycles. The number of nitrogens with zero attached hydrogens (tertiary/aromatic N) is 3. The van der Waals surface area contributed by atoms with Gasteiger partial charge in [0.25, 0.3) is 5.91 Å². The summed E-state index contributed by atoms with van der Waals surface area (Å²) in [4.78, 5) is 23.4. The summed E-state index contributed by atoms with van der Waals surface area (Å²) < 4.78 is 5.71. The van der Waals surface area contributed by atoms with Crippen molar-refractivity contribution in [1.82, 2.24) is 14.9 Å². The normalized spacial score (nSPS) is 19.8. The van der Waals surface area contributed by atoms with Crippen molar-refractivity contribution < 1.29 is 14.6 Å². The molecule has 7 nitrogen and oxygen atoms in total. The minimum absolute atomic E-state index is 0.0720. The van der Waals surface area contributed by atoms with E-state index in [0.29, 0.717) is 30.5 Å². The van der Waals surface area contributed by atoms with E-state index < -0.39 is 12.1 Å². The third-order valence-electron chi connectivity index (χ3n) is 4.65. The molecule has 1 aromatic carbocycles. The fraction of sp³-hybridized carbons (Fsp3) is 0.450. The van der Waals surface area contributed by atoms with E-state index in [1.165, 1.54) is 0 Å². The van der Waals surface area contributed by atoms with E-state index in [2.05, 4.69) is 23.8 Å². The smallest absolute Gasteiger partial charge is 0.273 e. The van der Waals surface area contributed by atoms with E-state index in [1.807, 2.05) is 18.2 Å². The van der Waals surface area contributed by atoms with E-state index in [4.69, 9.17) is 22.1 Å². The number of benzene rings is 1. The number of hydrogen-bond donors (Lipinski definition) is 2. The highest BCUT2D eigenvalue weighted by molar-refractivity contribution is 6.31. The average molecular weight is 405 g/mol. The van der Waals surface area contributed by atoms with E-state index in [0.717, 1.165) is 11.3 Å². The van der Waals surface area contributed by atoms with Gasteiger partial charge in [-0.15, -0.1) is 0 Å². The number of ether oxygens (including phenoxy) is 1. The summed E-state index contributed by atoms with van der Waals surface area (Å²) in [7, 11) is 0. The minimum Gasteiger partial charge on any atom is -0.394 e. The van der Waals surface area contributed by atoms with Crippen molar-refractivity contribution in [2.75, 3.05) is 25.5 Å². The largest absolute Gasteiger partial charge is 0.394 e. The summed E-state index contributed by atoms with van der Waals surface area (Å²) in [6, 6.07) is 8.42. The number of nitrogen functional groups attached to an aromatic ring is 1. The Hall–Kier alpha value is -2.22. The van der Waals surface area contributed by atoms with Crippen LogP contribution in [0.15, 0.2) is 30.3 Å². The van der Waals surface area contributed by atoms with Gasteiger partial charge in [-0.05, 0) is 30.0 Å². The molecule has 3 rings (SSSR count). The van der Waals surface area contributed by atoms with Crippen LogP contribution in [-0.2, 0) is 11.2 Å². The van der Waals surface area contributed by atoms with Crippen molar-refractivity contribution in [3.05, 3.63) is 52.3 Å². The Labute approximate surface area is 169 Å². The molecular weight excluding hydrogens is 380 g/mol. The maximum Gasteiger partial charge on any atom is 0.273 e. The molecule has 1 fully saturated rings. The molecule has 1 aliphatic heterocycles. The zero-order valence-corrected chi connectivity index (χ0v) is 16.8. The van der Waals surface area contributed by atoms with Crippen LogP contribution < -0.4 is 5.73 Å². The summed E-state index contributed by atoms with van der Waals surface area (Å²) in [5, 5.41) is 10.3. The third kappa shape index (κ3) is 4.43. The van der Waals surface area contributed by atoms with Crippen molar-refractivity contribution in [2.24, 2.45) is 5.92 Å². The number of nitrogens with two attached hydrogens (primary N) is 1. The SMILES string of the molecule is CC(C)Cc1cc(C(=O)N2CCO[C@@H](CO)[C@@H]2c2ccccc2Cl)nc(N)n1. The van der Waals surface area contributed by atoms with Crippen LogP contribution in [0.25, 0.3) is 0 Å². The Balaban J connectivity index is 1.99. The van der Waals surface area contributed by atoms with Gasteiger partial charge in [-0.3, -0.25) is 4.79 Å². The highest BCUT2D eigenvalue weighted by atomic mass is 35.5. The lowest BCUT2D eigenvalue weighted by molar-refractivity contribution is -0.0812. The quantitative estimate of drug-likeness (QED) is 0.793. The number of anilines is 1. The van der Waals surface area contributed by atoms with Gasteiger partial charge in [0.15, 0.2) is 0 Å². The van der Waals surface area contributed by atoms with Gasteiger partial charge in [-0.2, -0.15) is 0 Å². The van der Waals surface area contributed by atoms with Gasteiger partial charge >= 0.3 is 0 Å². The summed E-state index contributed by atoms with van der Waals surface area (Å²) in [6.07, 6.45) is 0.121. The third-order valence-corrected chi connectivity index (χ3v) is 4.99. The number of rotatable bonds is 5. The molecule has 1 aromatic heterocycles. The monoisotopic (exact) mass is 404 g/mol. The highest BCUT2D eigenvalue weighted by Crippen LogP contribution is 2.34. The molecule has 1 aliphatic rings. The summed E-state index contributed by atoms with van der Waals surface area (Å²) >= 11 is 6.38. The molecule has 28 heavy (non-hydrogen) atoms. The molecule has 1 amide bonds.